The van der Waals surface area contributed by atoms with Gasteiger partial charge in [0.15, 0.2) is 5.69 Å². The largest absolute Gasteiger partial charge is 0.435 e. The Morgan fingerprint density at radius 3 is 2.25 bits per heavy atom. The highest BCUT2D eigenvalue weighted by atomic mass is 19.4. The number of nitrogens with two attached hydrogens (primary N) is 1. The zero-order chi connectivity index (χ0) is 14.6. The summed E-state index contributed by atoms with van der Waals surface area (Å²) in [4.78, 5) is 0. The first-order chi connectivity index (χ1) is 9.50. The molecule has 4 nitrogen and oxygen atoms in total. The van der Waals surface area contributed by atoms with E-state index in [4.69, 9.17) is 5.73 Å². The Morgan fingerprint density at radius 2 is 1.75 bits per heavy atom. The number of halogens is 3. The summed E-state index contributed by atoms with van der Waals surface area (Å²) < 4.78 is 37.1. The molecule has 0 radical (unpaired) electrons. The van der Waals surface area contributed by atoms with E-state index >= 15 is 0 Å². The molecule has 1 aromatic heterocycles. The lowest BCUT2D eigenvalue weighted by Crippen LogP contribution is -2.21. The predicted molar refractivity (Wildman–Crippen MR) is 68.9 cm³/mol. The zero-order valence-electron chi connectivity index (χ0n) is 10.4. The van der Waals surface area contributed by atoms with Crippen LogP contribution >= 0.6 is 0 Å². The molecular formula is C13H13F3N4. The minimum Gasteiger partial charge on any atom is -0.360 e. The number of nitrogens with one attached hydrogen (secondary N) is 1. The van der Waals surface area contributed by atoms with Gasteiger partial charge in [0.25, 0.3) is 0 Å². The fourth-order valence-electron chi connectivity index (χ4n) is 1.70. The number of anilines is 1. The SMILES string of the molecule is NCC(Nc1ccc(C(F)(F)F)nn1)c1ccccc1. The van der Waals surface area contributed by atoms with Crippen molar-refractivity contribution >= 4 is 5.82 Å². The zero-order valence-corrected chi connectivity index (χ0v) is 10.4. The maximum Gasteiger partial charge on any atom is 0.435 e. The third-order valence-electron chi connectivity index (χ3n) is 2.71. The van der Waals surface area contributed by atoms with Crippen LogP contribution in [-0.2, 0) is 6.18 Å². The lowest BCUT2D eigenvalue weighted by molar-refractivity contribution is -0.141. The highest BCUT2D eigenvalue weighted by molar-refractivity contribution is 5.38. The Morgan fingerprint density at radius 1 is 1.05 bits per heavy atom. The number of nitrogens with zero attached hydrogens (tertiary/aromatic N) is 2. The van der Waals surface area contributed by atoms with Crippen LogP contribution in [0, 0.1) is 0 Å². The average Bonchev–Trinajstić information content (AvgIpc) is 2.45. The molecule has 0 saturated carbocycles. The fraction of sp³-hybridized carbons (Fsp3) is 0.231. The number of rotatable bonds is 4. The Balaban J connectivity index is 2.13. The Labute approximate surface area is 113 Å². The molecule has 0 amide bonds. The van der Waals surface area contributed by atoms with Crippen molar-refractivity contribution in [2.24, 2.45) is 5.73 Å². The van der Waals surface area contributed by atoms with Crippen molar-refractivity contribution in [2.75, 3.05) is 11.9 Å². The maximum absolute atomic E-state index is 12.4. The lowest BCUT2D eigenvalue weighted by atomic mass is 10.1. The van der Waals surface area contributed by atoms with Crippen molar-refractivity contribution in [1.29, 1.82) is 0 Å². The predicted octanol–water partition coefficient (Wildman–Crippen LogP) is 2.61. The second-order valence-electron chi connectivity index (χ2n) is 4.14. The van der Waals surface area contributed by atoms with Crippen molar-refractivity contribution in [3.05, 3.63) is 53.7 Å². The Kier molecular flexibility index (Phi) is 4.19. The Bertz CT molecular complexity index is 540. The smallest absolute Gasteiger partial charge is 0.360 e. The van der Waals surface area contributed by atoms with E-state index in [1.807, 2.05) is 30.3 Å². The molecule has 1 unspecified atom stereocenters. The molecule has 1 heterocycles. The normalized spacial score (nSPS) is 13.0. The molecule has 20 heavy (non-hydrogen) atoms. The average molecular weight is 282 g/mol. The number of benzene rings is 1. The van der Waals surface area contributed by atoms with E-state index in [0.29, 0.717) is 0 Å². The number of hydrogen-bond acceptors (Lipinski definition) is 4. The molecule has 0 bridgehead atoms. The summed E-state index contributed by atoms with van der Waals surface area (Å²) >= 11 is 0. The van der Waals surface area contributed by atoms with Gasteiger partial charge in [0.05, 0.1) is 6.04 Å². The first-order valence-electron chi connectivity index (χ1n) is 5.93. The molecule has 0 aliphatic heterocycles. The maximum atomic E-state index is 12.4. The van der Waals surface area contributed by atoms with Crippen LogP contribution < -0.4 is 11.1 Å². The van der Waals surface area contributed by atoms with E-state index in [1.54, 1.807) is 0 Å². The number of hydrogen-bond donors (Lipinski definition) is 2. The van der Waals surface area contributed by atoms with Crippen LogP contribution in [0.3, 0.4) is 0 Å². The molecule has 0 spiro atoms. The minimum absolute atomic E-state index is 0.234. The number of aromatic nitrogens is 2. The fourth-order valence-corrected chi connectivity index (χ4v) is 1.70. The molecule has 3 N–H and O–H groups in total. The third-order valence-corrected chi connectivity index (χ3v) is 2.71. The van der Waals surface area contributed by atoms with Crippen molar-refractivity contribution in [3.63, 3.8) is 0 Å². The quantitative estimate of drug-likeness (QED) is 0.904. The van der Waals surface area contributed by atoms with Gasteiger partial charge < -0.3 is 11.1 Å². The molecule has 0 fully saturated rings. The summed E-state index contributed by atoms with van der Waals surface area (Å²) in [6, 6.07) is 11.2. The van der Waals surface area contributed by atoms with E-state index in [9.17, 15) is 13.2 Å². The van der Waals surface area contributed by atoms with Crippen molar-refractivity contribution in [3.8, 4) is 0 Å². The Hall–Kier alpha value is -2.15. The number of alkyl halides is 3. The summed E-state index contributed by atoms with van der Waals surface area (Å²) in [7, 11) is 0. The molecular weight excluding hydrogens is 269 g/mol. The summed E-state index contributed by atoms with van der Waals surface area (Å²) in [5.74, 6) is 0.248. The van der Waals surface area contributed by atoms with Gasteiger partial charge in [-0.15, -0.1) is 10.2 Å². The van der Waals surface area contributed by atoms with Crippen LogP contribution in [0.2, 0.25) is 0 Å². The first kappa shape index (κ1) is 14.3. The summed E-state index contributed by atoms with van der Waals surface area (Å²) in [5, 5.41) is 9.63. The third kappa shape index (κ3) is 3.45. The summed E-state index contributed by atoms with van der Waals surface area (Å²) in [5.41, 5.74) is 5.57. The van der Waals surface area contributed by atoms with E-state index in [0.717, 1.165) is 11.6 Å². The molecule has 0 aliphatic rings. The monoisotopic (exact) mass is 282 g/mol. The molecule has 106 valence electrons. The van der Waals surface area contributed by atoms with E-state index < -0.39 is 11.9 Å². The van der Waals surface area contributed by atoms with Gasteiger partial charge in [0.2, 0.25) is 0 Å². The van der Waals surface area contributed by atoms with Gasteiger partial charge in [-0.25, -0.2) is 0 Å². The summed E-state index contributed by atoms with van der Waals surface area (Å²) in [6.07, 6.45) is -4.49. The van der Waals surface area contributed by atoms with Gasteiger partial charge in [-0.2, -0.15) is 13.2 Å². The van der Waals surface area contributed by atoms with Gasteiger partial charge in [0.1, 0.15) is 5.82 Å². The molecule has 0 saturated heterocycles. The van der Waals surface area contributed by atoms with Crippen molar-refractivity contribution in [2.45, 2.75) is 12.2 Å². The molecule has 2 aromatic rings. The van der Waals surface area contributed by atoms with Crippen LogP contribution in [0.15, 0.2) is 42.5 Å². The first-order valence-corrected chi connectivity index (χ1v) is 5.93. The molecule has 1 atom stereocenters. The minimum atomic E-state index is -4.49. The molecule has 7 heteroatoms. The van der Waals surface area contributed by atoms with E-state index in [1.165, 1.54) is 6.07 Å². The van der Waals surface area contributed by atoms with Crippen LogP contribution in [-0.4, -0.2) is 16.7 Å². The second-order valence-corrected chi connectivity index (χ2v) is 4.14. The lowest BCUT2D eigenvalue weighted by Gasteiger charge is -2.17. The topological polar surface area (TPSA) is 63.8 Å². The van der Waals surface area contributed by atoms with Crippen molar-refractivity contribution in [1.82, 2.24) is 10.2 Å². The van der Waals surface area contributed by atoms with Crippen LogP contribution in [0.5, 0.6) is 0 Å². The molecule has 1 aromatic carbocycles. The van der Waals surface area contributed by atoms with Crippen LogP contribution in [0.25, 0.3) is 0 Å². The van der Waals surface area contributed by atoms with E-state index in [-0.39, 0.29) is 18.4 Å². The van der Waals surface area contributed by atoms with Gasteiger partial charge in [-0.1, -0.05) is 30.3 Å². The van der Waals surface area contributed by atoms with Gasteiger partial charge >= 0.3 is 6.18 Å². The van der Waals surface area contributed by atoms with Crippen molar-refractivity contribution < 1.29 is 13.2 Å². The standard InChI is InChI=1S/C13H13F3N4/c14-13(15,16)11-6-7-12(20-19-11)18-10(8-17)9-4-2-1-3-5-9/h1-7,10H,8,17H2,(H,18,20). The van der Waals surface area contributed by atoms with Crippen LogP contribution in [0.4, 0.5) is 19.0 Å². The van der Waals surface area contributed by atoms with Gasteiger partial charge in [0, 0.05) is 6.54 Å². The highest BCUT2D eigenvalue weighted by Gasteiger charge is 2.32. The summed E-state index contributed by atoms with van der Waals surface area (Å²) in [6.45, 7) is 0.284. The van der Waals surface area contributed by atoms with Gasteiger partial charge in [-0.05, 0) is 17.7 Å². The van der Waals surface area contributed by atoms with Gasteiger partial charge in [-0.3, -0.25) is 0 Å². The second kappa shape index (κ2) is 5.87. The molecule has 0 aliphatic carbocycles. The van der Waals surface area contributed by atoms with E-state index in [2.05, 4.69) is 15.5 Å². The highest BCUT2D eigenvalue weighted by Crippen LogP contribution is 2.27. The van der Waals surface area contributed by atoms with Crippen LogP contribution in [0.1, 0.15) is 17.3 Å². The molecule has 2 rings (SSSR count).